The highest BCUT2D eigenvalue weighted by Crippen LogP contribution is 2.15. The highest BCUT2D eigenvalue weighted by Gasteiger charge is 2.19. The van der Waals surface area contributed by atoms with Gasteiger partial charge in [0, 0.05) is 19.3 Å². The summed E-state index contributed by atoms with van der Waals surface area (Å²) in [5, 5.41) is 0. The molecule has 0 heterocycles. The van der Waals surface area contributed by atoms with Gasteiger partial charge in [-0.25, -0.2) is 0 Å². The van der Waals surface area contributed by atoms with Crippen LogP contribution in [0.15, 0.2) is 48.6 Å². The van der Waals surface area contributed by atoms with Gasteiger partial charge in [0.2, 0.25) is 0 Å². The van der Waals surface area contributed by atoms with Crippen molar-refractivity contribution in [2.24, 2.45) is 0 Å². The van der Waals surface area contributed by atoms with E-state index in [-0.39, 0.29) is 37.5 Å². The van der Waals surface area contributed by atoms with Crippen molar-refractivity contribution in [3.05, 3.63) is 48.6 Å². The Morgan fingerprint density at radius 3 is 0.984 bits per heavy atom. The third-order valence-corrected chi connectivity index (χ3v) is 11.6. The molecule has 0 rings (SSSR count). The SMILES string of the molecule is CCCCC/C=C\C/C=C\C/C=C\CCCCC(=O)O[C@@H](COC(=O)CCCCCCCCC/C=C\CCCCCCCC)COC(=O)CCCCCCCCCCCCCC. The monoisotopic (exact) mass is 869 g/mol. The molecule has 0 fully saturated rings. The molecule has 0 unspecified atom stereocenters. The first kappa shape index (κ1) is 59.4. The lowest BCUT2D eigenvalue weighted by Crippen LogP contribution is -2.30. The molecule has 360 valence electrons. The van der Waals surface area contributed by atoms with Gasteiger partial charge in [0.05, 0.1) is 0 Å². The normalized spacial score (nSPS) is 12.4. The Labute approximate surface area is 384 Å². The molecule has 0 aromatic rings. The second-order valence-electron chi connectivity index (χ2n) is 17.8. The third kappa shape index (κ3) is 48.4. The van der Waals surface area contributed by atoms with E-state index < -0.39 is 6.10 Å². The zero-order valence-corrected chi connectivity index (χ0v) is 41.1. The molecule has 0 radical (unpaired) electrons. The number of unbranched alkanes of at least 4 members (excludes halogenated alkanes) is 29. The van der Waals surface area contributed by atoms with Crippen LogP contribution in [0.4, 0.5) is 0 Å². The fourth-order valence-corrected chi connectivity index (χ4v) is 7.50. The van der Waals surface area contributed by atoms with Gasteiger partial charge in [0.25, 0.3) is 0 Å². The van der Waals surface area contributed by atoms with Gasteiger partial charge in [-0.2, -0.15) is 0 Å². The van der Waals surface area contributed by atoms with Crippen LogP contribution in [0, 0.1) is 0 Å². The number of carbonyl (C=O) groups excluding carboxylic acids is 3. The number of allylic oxidation sites excluding steroid dienone is 8. The molecule has 6 heteroatoms. The Balaban J connectivity index is 4.41. The lowest BCUT2D eigenvalue weighted by Gasteiger charge is -2.18. The molecular formula is C56H100O6. The van der Waals surface area contributed by atoms with Crippen LogP contribution >= 0.6 is 0 Å². The summed E-state index contributed by atoms with van der Waals surface area (Å²) in [6.45, 7) is 6.58. The number of hydrogen-bond acceptors (Lipinski definition) is 6. The third-order valence-electron chi connectivity index (χ3n) is 11.6. The van der Waals surface area contributed by atoms with E-state index in [1.54, 1.807) is 0 Å². The molecule has 0 aromatic carbocycles. The fourth-order valence-electron chi connectivity index (χ4n) is 7.50. The number of esters is 3. The molecule has 0 bridgehead atoms. The molecule has 0 amide bonds. The van der Waals surface area contributed by atoms with Crippen LogP contribution < -0.4 is 0 Å². The Morgan fingerprint density at radius 1 is 0.323 bits per heavy atom. The van der Waals surface area contributed by atoms with Crippen molar-refractivity contribution in [2.75, 3.05) is 13.2 Å². The van der Waals surface area contributed by atoms with Gasteiger partial charge in [0.15, 0.2) is 6.10 Å². The van der Waals surface area contributed by atoms with Crippen molar-refractivity contribution in [2.45, 2.75) is 277 Å². The summed E-state index contributed by atoms with van der Waals surface area (Å²) in [5.74, 6) is -0.922. The fraction of sp³-hybridized carbons (Fsp3) is 0.804. The van der Waals surface area contributed by atoms with Crippen molar-refractivity contribution < 1.29 is 28.6 Å². The lowest BCUT2D eigenvalue weighted by molar-refractivity contribution is -0.167. The number of rotatable bonds is 48. The van der Waals surface area contributed by atoms with Gasteiger partial charge < -0.3 is 14.2 Å². The minimum absolute atomic E-state index is 0.0874. The molecule has 0 aliphatic heterocycles. The van der Waals surface area contributed by atoms with Crippen molar-refractivity contribution in [3.8, 4) is 0 Å². The Hall–Kier alpha value is -2.63. The maximum atomic E-state index is 12.8. The van der Waals surface area contributed by atoms with Crippen molar-refractivity contribution in [1.82, 2.24) is 0 Å². The van der Waals surface area contributed by atoms with Crippen LogP contribution in [0.3, 0.4) is 0 Å². The molecule has 1 atom stereocenters. The van der Waals surface area contributed by atoms with Gasteiger partial charge in [-0.1, -0.05) is 217 Å². The molecule has 0 spiro atoms. The highest BCUT2D eigenvalue weighted by atomic mass is 16.6. The molecule has 62 heavy (non-hydrogen) atoms. The summed E-state index contributed by atoms with van der Waals surface area (Å²) in [5.41, 5.74) is 0. The number of carbonyl (C=O) groups is 3. The molecule has 6 nitrogen and oxygen atoms in total. The average molecular weight is 869 g/mol. The van der Waals surface area contributed by atoms with Crippen molar-refractivity contribution in [1.29, 1.82) is 0 Å². The van der Waals surface area contributed by atoms with Crippen LogP contribution in [0.2, 0.25) is 0 Å². The van der Waals surface area contributed by atoms with E-state index in [4.69, 9.17) is 14.2 Å². The van der Waals surface area contributed by atoms with E-state index in [1.807, 2.05) is 0 Å². The second-order valence-corrected chi connectivity index (χ2v) is 17.8. The van der Waals surface area contributed by atoms with E-state index in [0.717, 1.165) is 64.2 Å². The molecule has 0 saturated carbocycles. The standard InChI is InChI=1S/C56H100O6/c1-4-7-10-13-16-19-22-25-27-28-30-31-34-37-40-43-46-49-55(58)61-52-53(51-60-54(57)48-45-42-39-36-33-24-21-18-15-12-9-6-3)62-56(59)50-47-44-41-38-35-32-29-26-23-20-17-14-11-8-5-2/h17,20,25-27,29,35,38,53H,4-16,18-19,21-24,28,30-34,36-37,39-52H2,1-3H3/b20-17-,27-25-,29-26-,38-35-/t53-/m1/s1. The Bertz CT molecular complexity index is 1090. The summed E-state index contributed by atoms with van der Waals surface area (Å²) >= 11 is 0. The van der Waals surface area contributed by atoms with E-state index in [1.165, 1.54) is 161 Å². The minimum atomic E-state index is -0.791. The van der Waals surface area contributed by atoms with E-state index >= 15 is 0 Å². The molecule has 0 aliphatic carbocycles. The van der Waals surface area contributed by atoms with E-state index in [9.17, 15) is 14.4 Å². The summed E-state index contributed by atoms with van der Waals surface area (Å²) in [4.78, 5) is 38.0. The highest BCUT2D eigenvalue weighted by molar-refractivity contribution is 5.71. The largest absolute Gasteiger partial charge is 0.462 e. The van der Waals surface area contributed by atoms with Gasteiger partial charge in [-0.05, 0) is 83.5 Å². The van der Waals surface area contributed by atoms with Crippen LogP contribution in [0.25, 0.3) is 0 Å². The van der Waals surface area contributed by atoms with E-state index in [2.05, 4.69) is 69.4 Å². The van der Waals surface area contributed by atoms with E-state index in [0.29, 0.717) is 19.3 Å². The number of hydrogen-bond donors (Lipinski definition) is 0. The second kappa shape index (κ2) is 51.0. The van der Waals surface area contributed by atoms with Crippen LogP contribution in [-0.2, 0) is 28.6 Å². The number of ether oxygens (including phenoxy) is 3. The topological polar surface area (TPSA) is 78.9 Å². The molecule has 0 aromatic heterocycles. The van der Waals surface area contributed by atoms with Gasteiger partial charge in [-0.3, -0.25) is 14.4 Å². The summed E-state index contributed by atoms with van der Waals surface area (Å²) in [6, 6.07) is 0. The maximum Gasteiger partial charge on any atom is 0.306 e. The van der Waals surface area contributed by atoms with Crippen LogP contribution in [0.1, 0.15) is 271 Å². The maximum absolute atomic E-state index is 12.8. The van der Waals surface area contributed by atoms with Crippen molar-refractivity contribution >= 4 is 17.9 Å². The molecule has 0 aliphatic rings. The first-order valence-corrected chi connectivity index (χ1v) is 26.6. The van der Waals surface area contributed by atoms with Gasteiger partial charge >= 0.3 is 17.9 Å². The zero-order chi connectivity index (χ0) is 45.1. The molecular weight excluding hydrogens is 769 g/mol. The van der Waals surface area contributed by atoms with Gasteiger partial charge in [-0.15, -0.1) is 0 Å². The Kier molecular flexibility index (Phi) is 48.8. The predicted octanol–water partition coefficient (Wildman–Crippen LogP) is 17.5. The quantitative estimate of drug-likeness (QED) is 0.0262. The van der Waals surface area contributed by atoms with Crippen LogP contribution in [-0.4, -0.2) is 37.2 Å². The van der Waals surface area contributed by atoms with Gasteiger partial charge in [0.1, 0.15) is 13.2 Å². The average Bonchev–Trinajstić information content (AvgIpc) is 3.27. The summed E-state index contributed by atoms with van der Waals surface area (Å²) in [7, 11) is 0. The van der Waals surface area contributed by atoms with Crippen molar-refractivity contribution in [3.63, 3.8) is 0 Å². The first-order valence-electron chi connectivity index (χ1n) is 26.6. The zero-order valence-electron chi connectivity index (χ0n) is 41.1. The molecule has 0 saturated heterocycles. The summed E-state index contributed by atoms with van der Waals surface area (Å²) in [6.07, 6.45) is 60.9. The molecule has 0 N–H and O–H groups in total. The predicted molar refractivity (Wildman–Crippen MR) is 265 cm³/mol. The first-order chi connectivity index (χ1) is 30.5. The van der Waals surface area contributed by atoms with Crippen LogP contribution in [0.5, 0.6) is 0 Å². The Morgan fingerprint density at radius 2 is 0.581 bits per heavy atom. The minimum Gasteiger partial charge on any atom is -0.462 e. The summed E-state index contributed by atoms with van der Waals surface area (Å²) < 4.78 is 16.8. The lowest BCUT2D eigenvalue weighted by atomic mass is 10.0. The smallest absolute Gasteiger partial charge is 0.306 e.